The molecule has 136 valence electrons. The minimum Gasteiger partial charge on any atom is -0.354 e. The number of sulfonamides is 1. The smallest absolute Gasteiger partial charge is 0.240 e. The molecule has 0 radical (unpaired) electrons. The van der Waals surface area contributed by atoms with Gasteiger partial charge in [0.25, 0.3) is 0 Å². The van der Waals surface area contributed by atoms with Crippen molar-refractivity contribution in [1.82, 2.24) is 5.32 Å². The zero-order chi connectivity index (χ0) is 19.2. The number of benzene rings is 2. The Labute approximate surface area is 151 Å². The summed E-state index contributed by atoms with van der Waals surface area (Å²) in [5.74, 6) is -0.786. The van der Waals surface area contributed by atoms with E-state index in [1.807, 2.05) is 6.07 Å². The fourth-order valence-electron chi connectivity index (χ4n) is 2.29. The van der Waals surface area contributed by atoms with Gasteiger partial charge in [-0.25, -0.2) is 12.8 Å². The second kappa shape index (κ2) is 8.45. The number of nitriles is 1. The van der Waals surface area contributed by atoms with E-state index in [4.69, 9.17) is 5.26 Å². The number of amides is 1. The van der Waals surface area contributed by atoms with Gasteiger partial charge in [-0.05, 0) is 48.4 Å². The third-order valence-electron chi connectivity index (χ3n) is 3.62. The lowest BCUT2D eigenvalue weighted by Gasteiger charge is -2.21. The molecule has 2 aromatic rings. The fourth-order valence-corrected chi connectivity index (χ4v) is 3.14. The SMILES string of the molecule is CS(=O)(=O)N(CC(=O)NCCc1ccc(F)cc1)c1ccc(C#N)cc1. The van der Waals surface area contributed by atoms with Crippen molar-refractivity contribution in [2.24, 2.45) is 0 Å². The van der Waals surface area contributed by atoms with Gasteiger partial charge < -0.3 is 5.32 Å². The lowest BCUT2D eigenvalue weighted by Crippen LogP contribution is -2.40. The highest BCUT2D eigenvalue weighted by Gasteiger charge is 2.20. The molecule has 0 aliphatic rings. The van der Waals surface area contributed by atoms with Crippen molar-refractivity contribution in [3.8, 4) is 6.07 Å². The minimum absolute atomic E-state index is 0.301. The molecule has 1 N–H and O–H groups in total. The number of hydrogen-bond acceptors (Lipinski definition) is 4. The largest absolute Gasteiger partial charge is 0.354 e. The van der Waals surface area contributed by atoms with Gasteiger partial charge in [-0.15, -0.1) is 0 Å². The third-order valence-corrected chi connectivity index (χ3v) is 4.76. The standard InChI is InChI=1S/C18H18FN3O3S/c1-26(24,25)22(17-8-4-15(12-20)5-9-17)13-18(23)21-11-10-14-2-6-16(19)7-3-14/h2-9H,10-11,13H2,1H3,(H,21,23). The van der Waals surface area contributed by atoms with E-state index in [9.17, 15) is 17.6 Å². The molecule has 8 heteroatoms. The van der Waals surface area contributed by atoms with Crippen LogP contribution < -0.4 is 9.62 Å². The van der Waals surface area contributed by atoms with Crippen molar-refractivity contribution in [3.05, 3.63) is 65.5 Å². The summed E-state index contributed by atoms with van der Waals surface area (Å²) in [6.45, 7) is -0.0659. The monoisotopic (exact) mass is 375 g/mol. The lowest BCUT2D eigenvalue weighted by atomic mass is 10.1. The first-order chi connectivity index (χ1) is 12.3. The summed E-state index contributed by atoms with van der Waals surface area (Å²) in [6, 6.07) is 13.8. The van der Waals surface area contributed by atoms with Crippen LogP contribution in [0.2, 0.25) is 0 Å². The number of carbonyl (C=O) groups excluding carboxylic acids is 1. The van der Waals surface area contributed by atoms with Crippen molar-refractivity contribution < 1.29 is 17.6 Å². The summed E-state index contributed by atoms with van der Waals surface area (Å²) in [6.07, 6.45) is 1.51. The highest BCUT2D eigenvalue weighted by Crippen LogP contribution is 2.17. The third kappa shape index (κ3) is 5.57. The van der Waals surface area contributed by atoms with Crippen molar-refractivity contribution >= 4 is 21.6 Å². The molecule has 0 fully saturated rings. The molecule has 26 heavy (non-hydrogen) atoms. The molecule has 0 bridgehead atoms. The van der Waals surface area contributed by atoms with E-state index in [1.165, 1.54) is 36.4 Å². The van der Waals surface area contributed by atoms with Crippen molar-refractivity contribution in [1.29, 1.82) is 5.26 Å². The Bertz CT molecular complexity index is 904. The van der Waals surface area contributed by atoms with Crippen LogP contribution in [-0.2, 0) is 21.2 Å². The Morgan fingerprint density at radius 1 is 1.15 bits per heavy atom. The molecule has 2 rings (SSSR count). The van der Waals surface area contributed by atoms with Crippen molar-refractivity contribution in [2.45, 2.75) is 6.42 Å². The number of anilines is 1. The van der Waals surface area contributed by atoms with E-state index in [2.05, 4.69) is 5.32 Å². The van der Waals surface area contributed by atoms with Gasteiger partial charge >= 0.3 is 0 Å². The molecule has 6 nitrogen and oxygen atoms in total. The lowest BCUT2D eigenvalue weighted by molar-refractivity contribution is -0.119. The van der Waals surface area contributed by atoms with E-state index >= 15 is 0 Å². The van der Waals surface area contributed by atoms with Gasteiger partial charge in [-0.1, -0.05) is 12.1 Å². The van der Waals surface area contributed by atoms with Crippen molar-refractivity contribution in [3.63, 3.8) is 0 Å². The first-order valence-corrected chi connectivity index (χ1v) is 9.63. The van der Waals surface area contributed by atoms with Crippen LogP contribution in [0.4, 0.5) is 10.1 Å². The average Bonchev–Trinajstić information content (AvgIpc) is 2.60. The zero-order valence-electron chi connectivity index (χ0n) is 14.1. The molecule has 1 amide bonds. The molecule has 2 aromatic carbocycles. The summed E-state index contributed by atoms with van der Waals surface area (Å²) < 4.78 is 37.8. The van der Waals surface area contributed by atoms with E-state index in [0.29, 0.717) is 24.2 Å². The number of carbonyl (C=O) groups is 1. The Hall–Kier alpha value is -2.92. The Morgan fingerprint density at radius 2 is 1.77 bits per heavy atom. The molecule has 0 saturated carbocycles. The van der Waals surface area contributed by atoms with Gasteiger partial charge in [0.2, 0.25) is 15.9 Å². The summed E-state index contributed by atoms with van der Waals surface area (Å²) in [7, 11) is -3.67. The maximum Gasteiger partial charge on any atom is 0.240 e. The fraction of sp³-hybridized carbons (Fsp3) is 0.222. The van der Waals surface area contributed by atoms with Gasteiger partial charge in [0, 0.05) is 6.54 Å². The maximum atomic E-state index is 12.9. The Balaban J connectivity index is 1.98. The minimum atomic E-state index is -3.67. The number of rotatable bonds is 7. The second-order valence-corrected chi connectivity index (χ2v) is 7.56. The summed E-state index contributed by atoms with van der Waals surface area (Å²) in [5.41, 5.74) is 1.56. The first-order valence-electron chi connectivity index (χ1n) is 7.78. The molecule has 0 heterocycles. The van der Waals surface area contributed by atoms with Gasteiger partial charge in [-0.2, -0.15) is 5.26 Å². The van der Waals surface area contributed by atoms with Crippen LogP contribution in [0.3, 0.4) is 0 Å². The number of nitrogens with one attached hydrogen (secondary N) is 1. The van der Waals surface area contributed by atoms with Gasteiger partial charge in [0.15, 0.2) is 0 Å². The van der Waals surface area contributed by atoms with Crippen LogP contribution in [0.25, 0.3) is 0 Å². The van der Waals surface area contributed by atoms with Crippen LogP contribution in [-0.4, -0.2) is 33.7 Å². The topological polar surface area (TPSA) is 90.3 Å². The molecule has 0 aliphatic heterocycles. The van der Waals surface area contributed by atoms with Crippen molar-refractivity contribution in [2.75, 3.05) is 23.7 Å². The number of hydrogen-bond donors (Lipinski definition) is 1. The zero-order valence-corrected chi connectivity index (χ0v) is 15.0. The van der Waals surface area contributed by atoms with Crippen LogP contribution in [0.5, 0.6) is 0 Å². The Kier molecular flexibility index (Phi) is 6.31. The summed E-state index contributed by atoms with van der Waals surface area (Å²) in [4.78, 5) is 12.1. The molecule has 0 saturated heterocycles. The van der Waals surface area contributed by atoms with E-state index in [1.54, 1.807) is 12.1 Å². The van der Waals surface area contributed by atoms with Gasteiger partial charge in [0.05, 0.1) is 23.6 Å². The predicted molar refractivity (Wildman–Crippen MR) is 96.5 cm³/mol. The van der Waals surface area contributed by atoms with Crippen LogP contribution in [0.1, 0.15) is 11.1 Å². The molecule has 0 unspecified atom stereocenters. The van der Waals surface area contributed by atoms with E-state index in [-0.39, 0.29) is 12.4 Å². The van der Waals surface area contributed by atoms with E-state index in [0.717, 1.165) is 16.1 Å². The normalized spacial score (nSPS) is 10.8. The van der Waals surface area contributed by atoms with Crippen LogP contribution in [0, 0.1) is 17.1 Å². The molecule has 0 atom stereocenters. The van der Waals surface area contributed by atoms with Gasteiger partial charge in [-0.3, -0.25) is 9.10 Å². The van der Waals surface area contributed by atoms with Crippen LogP contribution in [0.15, 0.2) is 48.5 Å². The molecular weight excluding hydrogens is 357 g/mol. The average molecular weight is 375 g/mol. The summed E-state index contributed by atoms with van der Waals surface area (Å²) in [5, 5.41) is 11.5. The maximum absolute atomic E-state index is 12.9. The van der Waals surface area contributed by atoms with Crippen LogP contribution >= 0.6 is 0 Å². The highest BCUT2D eigenvalue weighted by molar-refractivity contribution is 7.92. The van der Waals surface area contributed by atoms with E-state index < -0.39 is 15.9 Å². The summed E-state index contributed by atoms with van der Waals surface area (Å²) >= 11 is 0. The second-order valence-electron chi connectivity index (χ2n) is 5.65. The molecule has 0 aliphatic carbocycles. The quantitative estimate of drug-likeness (QED) is 0.799. The predicted octanol–water partition coefficient (Wildman–Crippen LogP) is 1.82. The Morgan fingerprint density at radius 3 is 2.31 bits per heavy atom. The number of nitrogens with zero attached hydrogens (tertiary/aromatic N) is 2. The highest BCUT2D eigenvalue weighted by atomic mass is 32.2. The molecule has 0 aromatic heterocycles. The number of halogens is 1. The molecular formula is C18H18FN3O3S. The molecule has 0 spiro atoms. The van der Waals surface area contributed by atoms with Gasteiger partial charge in [0.1, 0.15) is 12.4 Å². The first kappa shape index (κ1) is 19.4.